The summed E-state index contributed by atoms with van der Waals surface area (Å²) in [6, 6.07) is 0. The van der Waals surface area contributed by atoms with Gasteiger partial charge in [0.15, 0.2) is 0 Å². The summed E-state index contributed by atoms with van der Waals surface area (Å²) < 4.78 is 14.9. The SMILES string of the molecule is CCC(CC)[C@](C)(F)C(C(C)C)C(C)C. The molecule has 0 aromatic rings. The molecule has 0 aromatic carbocycles. The molecule has 0 nitrogen and oxygen atoms in total. The van der Waals surface area contributed by atoms with Gasteiger partial charge in [-0.15, -0.1) is 0 Å². The Labute approximate surface area is 95.6 Å². The molecule has 0 aliphatic carbocycles. The molecular weight excluding hydrogens is 187 g/mol. The van der Waals surface area contributed by atoms with E-state index in [4.69, 9.17) is 0 Å². The number of rotatable bonds is 6. The zero-order valence-electron chi connectivity index (χ0n) is 11.6. The van der Waals surface area contributed by atoms with Gasteiger partial charge in [-0.2, -0.15) is 0 Å². The van der Waals surface area contributed by atoms with E-state index in [2.05, 4.69) is 41.5 Å². The average Bonchev–Trinajstić information content (AvgIpc) is 2.02. The van der Waals surface area contributed by atoms with Gasteiger partial charge in [0.2, 0.25) is 0 Å². The van der Waals surface area contributed by atoms with Crippen LogP contribution in [-0.4, -0.2) is 5.67 Å². The maximum absolute atomic E-state index is 14.9. The Bertz CT molecular complexity index is 158. The van der Waals surface area contributed by atoms with E-state index in [1.165, 1.54) is 0 Å². The van der Waals surface area contributed by atoms with E-state index in [1.807, 2.05) is 6.92 Å². The Hall–Kier alpha value is -0.0700. The fraction of sp³-hybridized carbons (Fsp3) is 1.00. The van der Waals surface area contributed by atoms with Gasteiger partial charge in [0.1, 0.15) is 5.67 Å². The van der Waals surface area contributed by atoms with E-state index in [9.17, 15) is 4.39 Å². The fourth-order valence-corrected chi connectivity index (χ4v) is 3.43. The summed E-state index contributed by atoms with van der Waals surface area (Å²) in [6.07, 6.45) is 1.89. The summed E-state index contributed by atoms with van der Waals surface area (Å²) in [4.78, 5) is 0. The van der Waals surface area contributed by atoms with Crippen molar-refractivity contribution in [1.29, 1.82) is 0 Å². The number of hydrogen-bond donors (Lipinski definition) is 0. The molecule has 0 unspecified atom stereocenters. The molecule has 1 heteroatoms. The van der Waals surface area contributed by atoms with Crippen LogP contribution in [0.15, 0.2) is 0 Å². The van der Waals surface area contributed by atoms with E-state index in [0.717, 1.165) is 12.8 Å². The minimum absolute atomic E-state index is 0.169. The molecular formula is C14H29F. The third kappa shape index (κ3) is 3.46. The van der Waals surface area contributed by atoms with E-state index < -0.39 is 5.67 Å². The van der Waals surface area contributed by atoms with Crippen LogP contribution in [-0.2, 0) is 0 Å². The maximum atomic E-state index is 14.9. The van der Waals surface area contributed by atoms with Crippen molar-refractivity contribution in [1.82, 2.24) is 0 Å². The van der Waals surface area contributed by atoms with E-state index in [-0.39, 0.29) is 11.8 Å². The Kier molecular flexibility index (Phi) is 5.84. The van der Waals surface area contributed by atoms with Crippen LogP contribution in [0.4, 0.5) is 4.39 Å². The van der Waals surface area contributed by atoms with Crippen LogP contribution in [0.25, 0.3) is 0 Å². The highest BCUT2D eigenvalue weighted by Crippen LogP contribution is 2.42. The van der Waals surface area contributed by atoms with Crippen molar-refractivity contribution in [3.63, 3.8) is 0 Å². The van der Waals surface area contributed by atoms with Crippen LogP contribution in [0.2, 0.25) is 0 Å². The van der Waals surface area contributed by atoms with Crippen LogP contribution in [0.1, 0.15) is 61.3 Å². The first-order valence-electron chi connectivity index (χ1n) is 6.47. The molecule has 0 aliphatic rings. The molecule has 0 N–H and O–H groups in total. The molecule has 0 saturated heterocycles. The molecule has 0 radical (unpaired) electrons. The van der Waals surface area contributed by atoms with Crippen molar-refractivity contribution in [3.05, 3.63) is 0 Å². The largest absolute Gasteiger partial charge is 0.244 e. The van der Waals surface area contributed by atoms with Gasteiger partial charge in [0.05, 0.1) is 0 Å². The van der Waals surface area contributed by atoms with Crippen molar-refractivity contribution in [3.8, 4) is 0 Å². The quantitative estimate of drug-likeness (QED) is 0.581. The van der Waals surface area contributed by atoms with Gasteiger partial charge in [0.25, 0.3) is 0 Å². The molecule has 0 fully saturated rings. The van der Waals surface area contributed by atoms with Crippen molar-refractivity contribution in [2.45, 2.75) is 67.0 Å². The normalized spacial score (nSPS) is 16.8. The molecule has 0 bridgehead atoms. The van der Waals surface area contributed by atoms with Crippen LogP contribution >= 0.6 is 0 Å². The predicted octanol–water partition coefficient (Wildman–Crippen LogP) is 5.08. The van der Waals surface area contributed by atoms with Crippen LogP contribution in [0.3, 0.4) is 0 Å². The first-order valence-corrected chi connectivity index (χ1v) is 6.47. The second-order valence-electron chi connectivity index (χ2n) is 5.68. The van der Waals surface area contributed by atoms with Crippen molar-refractivity contribution in [2.24, 2.45) is 23.7 Å². The third-order valence-electron chi connectivity index (χ3n) is 3.87. The summed E-state index contributed by atoms with van der Waals surface area (Å²) in [5.41, 5.74) is -1.02. The van der Waals surface area contributed by atoms with Gasteiger partial charge in [-0.05, 0) is 30.6 Å². The number of alkyl halides is 1. The Morgan fingerprint density at radius 1 is 0.933 bits per heavy atom. The van der Waals surface area contributed by atoms with E-state index in [1.54, 1.807) is 0 Å². The minimum atomic E-state index is -1.02. The maximum Gasteiger partial charge on any atom is 0.114 e. The lowest BCUT2D eigenvalue weighted by molar-refractivity contribution is -0.0168. The van der Waals surface area contributed by atoms with E-state index in [0.29, 0.717) is 11.8 Å². The monoisotopic (exact) mass is 216 g/mol. The molecule has 1 atom stereocenters. The summed E-state index contributed by atoms with van der Waals surface area (Å²) >= 11 is 0. The van der Waals surface area contributed by atoms with Gasteiger partial charge in [-0.25, -0.2) is 4.39 Å². The summed E-state index contributed by atoms with van der Waals surface area (Å²) in [6.45, 7) is 14.6. The summed E-state index contributed by atoms with van der Waals surface area (Å²) in [7, 11) is 0. The smallest absolute Gasteiger partial charge is 0.114 e. The Morgan fingerprint density at radius 3 is 1.47 bits per heavy atom. The molecule has 0 saturated carbocycles. The van der Waals surface area contributed by atoms with Gasteiger partial charge in [0, 0.05) is 0 Å². The van der Waals surface area contributed by atoms with E-state index >= 15 is 0 Å². The van der Waals surface area contributed by atoms with Gasteiger partial charge in [-0.3, -0.25) is 0 Å². The standard InChI is InChI=1S/C14H29F/c1-8-12(9-2)14(7,15)13(10(3)4)11(5)6/h10-13H,8-9H2,1-7H3/t14-/m0/s1. The number of hydrogen-bond acceptors (Lipinski definition) is 0. The summed E-state index contributed by atoms with van der Waals surface area (Å²) in [5, 5.41) is 0. The fourth-order valence-electron chi connectivity index (χ4n) is 3.43. The predicted molar refractivity (Wildman–Crippen MR) is 66.8 cm³/mol. The van der Waals surface area contributed by atoms with Gasteiger partial charge >= 0.3 is 0 Å². The lowest BCUT2D eigenvalue weighted by Gasteiger charge is -2.41. The molecule has 0 amide bonds. The topological polar surface area (TPSA) is 0 Å². The Balaban J connectivity index is 4.92. The molecule has 0 spiro atoms. The molecule has 0 aromatic heterocycles. The molecule has 15 heavy (non-hydrogen) atoms. The molecule has 0 rings (SSSR count). The highest BCUT2D eigenvalue weighted by Gasteiger charge is 2.42. The lowest BCUT2D eigenvalue weighted by atomic mass is 9.68. The molecule has 0 heterocycles. The van der Waals surface area contributed by atoms with Crippen molar-refractivity contribution in [2.75, 3.05) is 0 Å². The third-order valence-corrected chi connectivity index (χ3v) is 3.87. The molecule has 0 aliphatic heterocycles. The van der Waals surface area contributed by atoms with Crippen LogP contribution < -0.4 is 0 Å². The second kappa shape index (κ2) is 5.86. The molecule has 92 valence electrons. The zero-order chi connectivity index (χ0) is 12.2. The van der Waals surface area contributed by atoms with Gasteiger partial charge in [-0.1, -0.05) is 54.4 Å². The van der Waals surface area contributed by atoms with Crippen LogP contribution in [0, 0.1) is 23.7 Å². The number of halogens is 1. The first-order chi connectivity index (χ1) is 6.78. The summed E-state index contributed by atoms with van der Waals surface area (Å²) in [5.74, 6) is 1.20. The lowest BCUT2D eigenvalue weighted by Crippen LogP contribution is -2.43. The second-order valence-corrected chi connectivity index (χ2v) is 5.68. The highest BCUT2D eigenvalue weighted by atomic mass is 19.1. The minimum Gasteiger partial charge on any atom is -0.244 e. The Morgan fingerprint density at radius 2 is 1.27 bits per heavy atom. The average molecular weight is 216 g/mol. The van der Waals surface area contributed by atoms with Gasteiger partial charge < -0.3 is 0 Å². The van der Waals surface area contributed by atoms with Crippen molar-refractivity contribution < 1.29 is 4.39 Å². The highest BCUT2D eigenvalue weighted by molar-refractivity contribution is 4.91. The van der Waals surface area contributed by atoms with Crippen molar-refractivity contribution >= 4 is 0 Å². The zero-order valence-corrected chi connectivity index (χ0v) is 11.6. The van der Waals surface area contributed by atoms with Crippen LogP contribution in [0.5, 0.6) is 0 Å². The first kappa shape index (κ1) is 14.9.